The van der Waals surface area contributed by atoms with Crippen molar-refractivity contribution in [3.05, 3.63) is 33.0 Å². The fourth-order valence-corrected chi connectivity index (χ4v) is 3.30. The van der Waals surface area contributed by atoms with Crippen molar-refractivity contribution in [2.24, 2.45) is 5.92 Å². The van der Waals surface area contributed by atoms with Gasteiger partial charge >= 0.3 is 0 Å². The van der Waals surface area contributed by atoms with Gasteiger partial charge < -0.3 is 4.74 Å². The summed E-state index contributed by atoms with van der Waals surface area (Å²) in [6.45, 7) is 0. The molecule has 3 atom stereocenters. The van der Waals surface area contributed by atoms with E-state index in [1.807, 2.05) is 0 Å². The van der Waals surface area contributed by atoms with Crippen LogP contribution in [0.3, 0.4) is 0 Å². The lowest BCUT2D eigenvalue weighted by atomic mass is 9.83. The number of ketones is 1. The number of carbonyl (C=O) groups is 1. The Kier molecular flexibility index (Phi) is 3.20. The van der Waals surface area contributed by atoms with E-state index >= 15 is 0 Å². The van der Waals surface area contributed by atoms with Crippen molar-refractivity contribution in [3.63, 3.8) is 0 Å². The van der Waals surface area contributed by atoms with E-state index in [9.17, 15) is 9.18 Å². The SMILES string of the molecule is O=C(c1ccc(Br)c(Cl)c1F)C1CC2CCC1O2. The van der Waals surface area contributed by atoms with E-state index in [1.165, 1.54) is 6.07 Å². The minimum absolute atomic E-state index is 0.0371. The molecule has 0 saturated carbocycles. The van der Waals surface area contributed by atoms with Crippen LogP contribution in [0.25, 0.3) is 0 Å². The van der Waals surface area contributed by atoms with Crippen LogP contribution in [0.5, 0.6) is 0 Å². The molecule has 1 aromatic rings. The Morgan fingerprint density at radius 3 is 2.83 bits per heavy atom. The second-order valence-electron chi connectivity index (χ2n) is 4.80. The van der Waals surface area contributed by atoms with Crippen LogP contribution in [0.15, 0.2) is 16.6 Å². The van der Waals surface area contributed by atoms with Gasteiger partial charge in [-0.15, -0.1) is 0 Å². The molecule has 96 valence electrons. The zero-order valence-electron chi connectivity index (χ0n) is 9.46. The van der Waals surface area contributed by atoms with Gasteiger partial charge in [0.15, 0.2) is 11.6 Å². The van der Waals surface area contributed by atoms with E-state index in [4.69, 9.17) is 16.3 Å². The van der Waals surface area contributed by atoms with Crippen LogP contribution >= 0.6 is 27.5 Å². The summed E-state index contributed by atoms with van der Waals surface area (Å²) in [5, 5.41) is -0.0371. The van der Waals surface area contributed by atoms with E-state index in [0.29, 0.717) is 10.9 Å². The molecule has 0 aliphatic carbocycles. The van der Waals surface area contributed by atoms with Crippen LogP contribution in [-0.4, -0.2) is 18.0 Å². The monoisotopic (exact) mass is 332 g/mol. The van der Waals surface area contributed by atoms with Gasteiger partial charge in [-0.2, -0.15) is 0 Å². The first-order valence-electron chi connectivity index (χ1n) is 5.91. The Bertz CT molecular complexity index is 520. The van der Waals surface area contributed by atoms with E-state index in [1.54, 1.807) is 6.07 Å². The number of hydrogen-bond acceptors (Lipinski definition) is 2. The molecule has 0 radical (unpaired) electrons. The number of hydrogen-bond donors (Lipinski definition) is 0. The van der Waals surface area contributed by atoms with Crippen LogP contribution in [0.4, 0.5) is 4.39 Å². The van der Waals surface area contributed by atoms with Gasteiger partial charge in [-0.05, 0) is 47.3 Å². The predicted octanol–water partition coefficient (Wildman–Crippen LogP) is 3.99. The van der Waals surface area contributed by atoms with E-state index in [-0.39, 0.29) is 34.5 Å². The van der Waals surface area contributed by atoms with E-state index in [2.05, 4.69) is 15.9 Å². The van der Waals surface area contributed by atoms with E-state index in [0.717, 1.165) is 12.8 Å². The average Bonchev–Trinajstić information content (AvgIpc) is 2.97. The number of halogens is 3. The Morgan fingerprint density at radius 2 is 2.22 bits per heavy atom. The molecule has 2 aliphatic rings. The molecule has 1 aromatic carbocycles. The van der Waals surface area contributed by atoms with Crippen LogP contribution in [0, 0.1) is 11.7 Å². The summed E-state index contributed by atoms with van der Waals surface area (Å²) in [4.78, 5) is 12.3. The molecule has 2 nitrogen and oxygen atoms in total. The third-order valence-corrected chi connectivity index (χ3v) is 5.00. The average molecular weight is 334 g/mol. The van der Waals surface area contributed by atoms with Gasteiger partial charge in [-0.25, -0.2) is 4.39 Å². The molecule has 0 aromatic heterocycles. The molecule has 3 rings (SSSR count). The summed E-state index contributed by atoms with van der Waals surface area (Å²) in [7, 11) is 0. The molecule has 2 aliphatic heterocycles. The van der Waals surface area contributed by atoms with Crippen molar-refractivity contribution in [3.8, 4) is 0 Å². The van der Waals surface area contributed by atoms with E-state index < -0.39 is 5.82 Å². The van der Waals surface area contributed by atoms with Crippen molar-refractivity contribution >= 4 is 33.3 Å². The lowest BCUT2D eigenvalue weighted by Gasteiger charge is -2.17. The Labute approximate surface area is 118 Å². The number of benzene rings is 1. The molecule has 2 saturated heterocycles. The van der Waals surface area contributed by atoms with Crippen molar-refractivity contribution < 1.29 is 13.9 Å². The largest absolute Gasteiger partial charge is 0.374 e. The quantitative estimate of drug-likeness (QED) is 0.604. The Morgan fingerprint density at radius 1 is 1.44 bits per heavy atom. The van der Waals surface area contributed by atoms with Gasteiger partial charge in [0.1, 0.15) is 0 Å². The summed E-state index contributed by atoms with van der Waals surface area (Å²) >= 11 is 8.94. The van der Waals surface area contributed by atoms with Crippen LogP contribution in [0.2, 0.25) is 5.02 Å². The topological polar surface area (TPSA) is 26.3 Å². The van der Waals surface area contributed by atoms with Gasteiger partial charge in [0.25, 0.3) is 0 Å². The Hall–Kier alpha value is -0.450. The highest BCUT2D eigenvalue weighted by atomic mass is 79.9. The van der Waals surface area contributed by atoms with Crippen LogP contribution in [0.1, 0.15) is 29.6 Å². The van der Waals surface area contributed by atoms with Crippen molar-refractivity contribution in [2.75, 3.05) is 0 Å². The minimum Gasteiger partial charge on any atom is -0.374 e. The molecule has 2 bridgehead atoms. The molecular weight excluding hydrogens is 322 g/mol. The number of rotatable bonds is 2. The van der Waals surface area contributed by atoms with Crippen molar-refractivity contribution in [1.29, 1.82) is 0 Å². The first kappa shape index (κ1) is 12.6. The molecule has 2 heterocycles. The summed E-state index contributed by atoms with van der Waals surface area (Å²) in [6.07, 6.45) is 2.75. The normalized spacial score (nSPS) is 29.8. The highest BCUT2D eigenvalue weighted by Gasteiger charge is 2.45. The smallest absolute Gasteiger partial charge is 0.171 e. The standard InChI is InChI=1S/C13H11BrClFO2/c14-9-3-2-7(12(16)11(9)15)13(17)8-5-6-1-4-10(8)18-6/h2-3,6,8,10H,1,4-5H2. The van der Waals surface area contributed by atoms with Crippen LogP contribution < -0.4 is 0 Å². The number of ether oxygens (including phenoxy) is 1. The summed E-state index contributed by atoms with van der Waals surface area (Å²) in [5.41, 5.74) is 0.0735. The minimum atomic E-state index is -0.640. The van der Waals surface area contributed by atoms with Gasteiger partial charge in [0.2, 0.25) is 0 Å². The predicted molar refractivity (Wildman–Crippen MR) is 69.4 cm³/mol. The first-order valence-corrected chi connectivity index (χ1v) is 7.08. The third-order valence-electron chi connectivity index (χ3n) is 3.74. The zero-order valence-corrected chi connectivity index (χ0v) is 11.8. The van der Waals surface area contributed by atoms with Gasteiger partial charge in [0.05, 0.1) is 28.7 Å². The van der Waals surface area contributed by atoms with Gasteiger partial charge in [-0.1, -0.05) is 11.6 Å². The lowest BCUT2D eigenvalue weighted by Crippen LogP contribution is -2.26. The maximum atomic E-state index is 14.0. The van der Waals surface area contributed by atoms with Crippen LogP contribution in [-0.2, 0) is 4.74 Å². The van der Waals surface area contributed by atoms with Gasteiger partial charge in [0, 0.05) is 4.47 Å². The maximum Gasteiger partial charge on any atom is 0.171 e. The summed E-state index contributed by atoms with van der Waals surface area (Å²) in [5.74, 6) is -1.04. The number of carbonyl (C=O) groups excluding carboxylic acids is 1. The molecule has 2 fully saturated rings. The highest BCUT2D eigenvalue weighted by molar-refractivity contribution is 9.10. The number of fused-ring (bicyclic) bond motifs is 2. The number of Topliss-reactive ketones (excluding diaryl/α,β-unsaturated/α-hetero) is 1. The molecule has 0 spiro atoms. The van der Waals surface area contributed by atoms with Crippen molar-refractivity contribution in [2.45, 2.75) is 31.5 Å². The molecular formula is C13H11BrClFO2. The highest BCUT2D eigenvalue weighted by Crippen LogP contribution is 2.41. The maximum absolute atomic E-state index is 14.0. The lowest BCUT2D eigenvalue weighted by molar-refractivity contribution is 0.0740. The fraction of sp³-hybridized carbons (Fsp3) is 0.462. The Balaban J connectivity index is 1.91. The summed E-state index contributed by atoms with van der Waals surface area (Å²) < 4.78 is 20.1. The van der Waals surface area contributed by atoms with Crippen molar-refractivity contribution in [1.82, 2.24) is 0 Å². The fourth-order valence-electron chi connectivity index (χ4n) is 2.83. The van der Waals surface area contributed by atoms with Gasteiger partial charge in [-0.3, -0.25) is 4.79 Å². The molecule has 3 unspecified atom stereocenters. The second kappa shape index (κ2) is 4.58. The first-order chi connectivity index (χ1) is 8.58. The second-order valence-corrected chi connectivity index (χ2v) is 6.04. The molecule has 0 N–H and O–H groups in total. The molecule has 0 amide bonds. The third kappa shape index (κ3) is 1.91. The zero-order chi connectivity index (χ0) is 12.9. The molecule has 18 heavy (non-hydrogen) atoms. The summed E-state index contributed by atoms with van der Waals surface area (Å²) in [6, 6.07) is 3.09. The molecule has 5 heteroatoms.